The van der Waals surface area contributed by atoms with E-state index in [0.717, 1.165) is 19.3 Å². The molecule has 0 aromatic rings. The minimum Gasteiger partial charge on any atom is -0.505 e. The second kappa shape index (κ2) is 18.5. The number of esters is 2. The maximum absolute atomic E-state index is 12.2. The van der Waals surface area contributed by atoms with E-state index < -0.39 is 79.6 Å². The first kappa shape index (κ1) is 34.2. The van der Waals surface area contributed by atoms with Crippen LogP contribution in [0.15, 0.2) is 11.5 Å². The molecule has 0 bridgehead atoms. The number of carbonyl (C=O) groups is 2. The molecule has 2 rings (SSSR count). The van der Waals surface area contributed by atoms with E-state index in [0.29, 0.717) is 6.42 Å². The van der Waals surface area contributed by atoms with Crippen LogP contribution in [0, 0.1) is 0 Å². The van der Waals surface area contributed by atoms with Crippen molar-refractivity contribution in [1.82, 2.24) is 0 Å². The quantitative estimate of drug-likeness (QED) is 0.0912. The van der Waals surface area contributed by atoms with E-state index in [1.165, 1.54) is 57.8 Å². The van der Waals surface area contributed by atoms with Crippen LogP contribution < -0.4 is 0 Å². The van der Waals surface area contributed by atoms with Crippen molar-refractivity contribution in [1.29, 1.82) is 0 Å². The topological polar surface area (TPSA) is 192 Å². The van der Waals surface area contributed by atoms with Crippen molar-refractivity contribution in [3.05, 3.63) is 11.5 Å². The minimum absolute atomic E-state index is 0.183. The lowest BCUT2D eigenvalue weighted by molar-refractivity contribution is -0.291. The number of rotatable bonds is 20. The van der Waals surface area contributed by atoms with Crippen LogP contribution in [-0.4, -0.2) is 98.7 Å². The van der Waals surface area contributed by atoms with Crippen LogP contribution >= 0.6 is 0 Å². The summed E-state index contributed by atoms with van der Waals surface area (Å²) in [7, 11) is 0. The van der Waals surface area contributed by atoms with Crippen LogP contribution in [0.1, 0.15) is 96.8 Å². The van der Waals surface area contributed by atoms with E-state index in [9.17, 15) is 40.2 Å². The monoisotopic (exact) mass is 576 g/mol. The molecule has 0 aromatic heterocycles. The number of carbonyl (C=O) groups excluding carboxylic acids is 2. The molecule has 0 aromatic carbocycles. The van der Waals surface area contributed by atoms with Crippen LogP contribution in [0.4, 0.5) is 0 Å². The fourth-order valence-corrected chi connectivity index (χ4v) is 4.73. The SMILES string of the molecule is CCCCCCCCCCCCCCCC(=O)OC[C@H](O)[C@H]1OC(=O)C(O[C@@H]2OC(CO)[C@@H](O)C(O)[C@@H]2O)=C1O. The van der Waals surface area contributed by atoms with Gasteiger partial charge in [0.1, 0.15) is 37.1 Å². The molecule has 2 heterocycles. The van der Waals surface area contributed by atoms with E-state index >= 15 is 0 Å². The zero-order valence-corrected chi connectivity index (χ0v) is 23.5. The van der Waals surface area contributed by atoms with Crippen molar-refractivity contribution in [2.75, 3.05) is 13.2 Å². The molecule has 0 spiro atoms. The van der Waals surface area contributed by atoms with Gasteiger partial charge < -0.3 is 49.6 Å². The molecule has 12 nitrogen and oxygen atoms in total. The van der Waals surface area contributed by atoms with Crippen LogP contribution in [0.25, 0.3) is 0 Å². The first-order chi connectivity index (χ1) is 19.2. The van der Waals surface area contributed by atoms with Gasteiger partial charge in [0, 0.05) is 6.42 Å². The van der Waals surface area contributed by atoms with E-state index in [2.05, 4.69) is 6.92 Å². The second-order valence-electron chi connectivity index (χ2n) is 10.6. The maximum Gasteiger partial charge on any atom is 0.378 e. The minimum atomic E-state index is -1.82. The fourth-order valence-electron chi connectivity index (χ4n) is 4.73. The van der Waals surface area contributed by atoms with Crippen molar-refractivity contribution in [2.45, 2.75) is 140 Å². The normalized spacial score (nSPS) is 27.5. The Balaban J connectivity index is 1.62. The zero-order chi connectivity index (χ0) is 29.5. The van der Waals surface area contributed by atoms with Gasteiger partial charge in [-0.25, -0.2) is 4.79 Å². The van der Waals surface area contributed by atoms with Crippen molar-refractivity contribution in [2.24, 2.45) is 0 Å². The molecule has 232 valence electrons. The van der Waals surface area contributed by atoms with E-state index in [-0.39, 0.29) is 6.42 Å². The smallest absolute Gasteiger partial charge is 0.378 e. The molecule has 6 N–H and O–H groups in total. The molecule has 1 saturated heterocycles. The molecular weight excluding hydrogens is 528 g/mol. The molecule has 12 heteroatoms. The molecule has 2 unspecified atom stereocenters. The van der Waals surface area contributed by atoms with Crippen LogP contribution in [0.5, 0.6) is 0 Å². The van der Waals surface area contributed by atoms with Gasteiger partial charge in [-0.1, -0.05) is 84.0 Å². The number of hydrogen-bond acceptors (Lipinski definition) is 12. The highest BCUT2D eigenvalue weighted by Crippen LogP contribution is 2.29. The Kier molecular flexibility index (Phi) is 15.8. The van der Waals surface area contributed by atoms with Gasteiger partial charge in [-0.3, -0.25) is 4.79 Å². The summed E-state index contributed by atoms with van der Waals surface area (Å²) in [5.41, 5.74) is 0. The van der Waals surface area contributed by atoms with Gasteiger partial charge in [0.15, 0.2) is 11.9 Å². The predicted octanol–water partition coefficient (Wildman–Crippen LogP) is 1.88. The highest BCUT2D eigenvalue weighted by atomic mass is 16.7. The molecule has 40 heavy (non-hydrogen) atoms. The Bertz CT molecular complexity index is 785. The van der Waals surface area contributed by atoms with Crippen molar-refractivity contribution in [3.63, 3.8) is 0 Å². The maximum atomic E-state index is 12.2. The van der Waals surface area contributed by atoms with Gasteiger partial charge in [-0.05, 0) is 6.42 Å². The van der Waals surface area contributed by atoms with Crippen LogP contribution in [0.2, 0.25) is 0 Å². The number of ether oxygens (including phenoxy) is 4. The van der Waals surface area contributed by atoms with E-state index in [4.69, 9.17) is 18.9 Å². The summed E-state index contributed by atoms with van der Waals surface area (Å²) >= 11 is 0. The van der Waals surface area contributed by atoms with Crippen LogP contribution in [0.3, 0.4) is 0 Å². The lowest BCUT2D eigenvalue weighted by atomic mass is 9.99. The van der Waals surface area contributed by atoms with Crippen molar-refractivity contribution >= 4 is 11.9 Å². The predicted molar refractivity (Wildman–Crippen MR) is 142 cm³/mol. The average Bonchev–Trinajstić information content (AvgIpc) is 3.22. The van der Waals surface area contributed by atoms with Crippen molar-refractivity contribution in [3.8, 4) is 0 Å². The number of hydrogen-bond donors (Lipinski definition) is 6. The molecule has 0 radical (unpaired) electrons. The highest BCUT2D eigenvalue weighted by molar-refractivity contribution is 5.89. The van der Waals surface area contributed by atoms with Crippen LogP contribution in [-0.2, 0) is 28.5 Å². The summed E-state index contributed by atoms with van der Waals surface area (Å²) in [5.74, 6) is -3.31. The molecule has 1 fully saturated rings. The fraction of sp³-hybridized carbons (Fsp3) is 0.857. The third kappa shape index (κ3) is 10.8. The Labute approximate surface area is 235 Å². The molecular formula is C28H48O12. The third-order valence-electron chi connectivity index (χ3n) is 7.25. The molecule has 2 aliphatic rings. The molecule has 2 aliphatic heterocycles. The second-order valence-corrected chi connectivity index (χ2v) is 10.6. The Morgan fingerprint density at radius 2 is 1.43 bits per heavy atom. The Morgan fingerprint density at radius 3 is 1.98 bits per heavy atom. The number of aliphatic hydroxyl groups is 6. The Hall–Kier alpha value is -1.96. The summed E-state index contributed by atoms with van der Waals surface area (Å²) in [6.07, 6.45) is 4.16. The molecule has 0 amide bonds. The molecule has 0 saturated carbocycles. The average molecular weight is 577 g/mol. The lowest BCUT2D eigenvalue weighted by Crippen LogP contribution is -2.59. The largest absolute Gasteiger partial charge is 0.505 e. The summed E-state index contributed by atoms with van der Waals surface area (Å²) in [5, 5.41) is 59.7. The Morgan fingerprint density at radius 1 is 0.875 bits per heavy atom. The highest BCUT2D eigenvalue weighted by Gasteiger charge is 2.48. The number of unbranched alkanes of at least 4 members (excludes halogenated alkanes) is 12. The summed E-state index contributed by atoms with van der Waals surface area (Å²) < 4.78 is 20.3. The molecule has 0 aliphatic carbocycles. The van der Waals surface area contributed by atoms with E-state index in [1.54, 1.807) is 0 Å². The number of cyclic esters (lactones) is 1. The summed E-state index contributed by atoms with van der Waals surface area (Å²) in [6.45, 7) is 0.973. The summed E-state index contributed by atoms with van der Waals surface area (Å²) in [4.78, 5) is 24.2. The standard InChI is InChI=1S/C28H48O12/c1-2-3-4-5-6-7-8-9-10-11-12-13-14-15-20(31)37-17-18(30)25-24(35)26(27(36)39-25)40-28-23(34)22(33)21(32)19(16-29)38-28/h18-19,21-23,25,28-30,32-35H,2-17H2,1H3/t18-,19?,21+,22?,23-,25+,28-/m0/s1. The van der Waals surface area contributed by atoms with Gasteiger partial charge in [-0.2, -0.15) is 0 Å². The lowest BCUT2D eigenvalue weighted by Gasteiger charge is -2.39. The van der Waals surface area contributed by atoms with Gasteiger partial charge in [0.2, 0.25) is 12.0 Å². The molecule has 7 atom stereocenters. The summed E-state index contributed by atoms with van der Waals surface area (Å²) in [6, 6.07) is 0. The first-order valence-electron chi connectivity index (χ1n) is 14.7. The number of aliphatic hydroxyl groups excluding tert-OH is 6. The van der Waals surface area contributed by atoms with Gasteiger partial charge >= 0.3 is 11.9 Å². The van der Waals surface area contributed by atoms with Gasteiger partial charge in [-0.15, -0.1) is 0 Å². The van der Waals surface area contributed by atoms with Gasteiger partial charge in [0.05, 0.1) is 6.61 Å². The third-order valence-corrected chi connectivity index (χ3v) is 7.25. The zero-order valence-electron chi connectivity index (χ0n) is 23.5. The van der Waals surface area contributed by atoms with E-state index in [1.807, 2.05) is 0 Å². The van der Waals surface area contributed by atoms with Crippen molar-refractivity contribution < 1.29 is 59.2 Å². The first-order valence-corrected chi connectivity index (χ1v) is 14.7. The van der Waals surface area contributed by atoms with Gasteiger partial charge in [0.25, 0.3) is 0 Å².